The molecule has 0 amide bonds. The fourth-order valence-electron chi connectivity index (χ4n) is 5.61. The van der Waals surface area contributed by atoms with Gasteiger partial charge in [-0.2, -0.15) is 10.5 Å². The van der Waals surface area contributed by atoms with Gasteiger partial charge in [0.25, 0.3) is 0 Å². The van der Waals surface area contributed by atoms with E-state index in [0.29, 0.717) is 51.7 Å². The molecule has 226 valence electrons. The number of aryl methyl sites for hydroxylation is 1. The van der Waals surface area contributed by atoms with Crippen LogP contribution in [0.15, 0.2) is 48.8 Å². The maximum Gasteiger partial charge on any atom is 0.148 e. The standard InChI is InChI=1S/C33H39BFN9/c1-31(2,3)20-39-30-22(16-37)17-38-29-21(15-36)13-25(14-27(29)30)40-33(34,23-7-9-24(35)10-8-23)28-19-43(42-41-28)12-11-26-18-44(26)32(4,5)6/h7-10,13-14,17,19,26,40H,11-12,18,20,34H2,1-6H3,(H,38,39)/t26?,33-,44?/m0/s1. The number of nitrogens with one attached hydrogen (secondary N) is 2. The SMILES string of the molecule is B[C@](Nc1cc(C#N)c2ncc(C#N)c(NCC(C)(C)C)c2c1)(c1ccc(F)cc1)c1cn(CCC2CN2C(C)(C)C)nn1. The number of hydrogen-bond donors (Lipinski definition) is 2. The fraction of sp³-hybridized carbons (Fsp3) is 0.424. The Balaban J connectivity index is 1.53. The third-order valence-corrected chi connectivity index (χ3v) is 8.14. The third kappa shape index (κ3) is 6.53. The topological polar surface area (TPSA) is 118 Å². The predicted molar refractivity (Wildman–Crippen MR) is 173 cm³/mol. The van der Waals surface area contributed by atoms with Crippen molar-refractivity contribution in [3.8, 4) is 12.1 Å². The molecule has 0 bridgehead atoms. The number of fused-ring (bicyclic) bond motifs is 1. The van der Waals surface area contributed by atoms with Crippen molar-refractivity contribution in [1.82, 2.24) is 24.9 Å². The lowest BCUT2D eigenvalue weighted by Gasteiger charge is -2.31. The van der Waals surface area contributed by atoms with Gasteiger partial charge in [-0.1, -0.05) is 38.1 Å². The molecule has 4 aromatic rings. The van der Waals surface area contributed by atoms with Gasteiger partial charge in [0.15, 0.2) is 0 Å². The third-order valence-electron chi connectivity index (χ3n) is 8.14. The summed E-state index contributed by atoms with van der Waals surface area (Å²) in [5.74, 6) is -0.338. The van der Waals surface area contributed by atoms with Crippen LogP contribution in [0.4, 0.5) is 15.8 Å². The lowest BCUT2D eigenvalue weighted by Crippen LogP contribution is -2.38. The number of anilines is 2. The van der Waals surface area contributed by atoms with Gasteiger partial charge in [0.05, 0.1) is 34.0 Å². The molecule has 1 fully saturated rings. The van der Waals surface area contributed by atoms with Crippen LogP contribution in [-0.4, -0.2) is 57.4 Å². The van der Waals surface area contributed by atoms with Crippen LogP contribution in [-0.2, 0) is 12.0 Å². The molecule has 1 aliphatic rings. The minimum atomic E-state index is -0.928. The van der Waals surface area contributed by atoms with Crippen LogP contribution in [0.1, 0.15) is 70.3 Å². The number of halogens is 1. The van der Waals surface area contributed by atoms with E-state index in [0.717, 1.165) is 25.1 Å². The molecule has 44 heavy (non-hydrogen) atoms. The smallest absolute Gasteiger partial charge is 0.148 e. The van der Waals surface area contributed by atoms with Crippen molar-refractivity contribution >= 4 is 30.1 Å². The summed E-state index contributed by atoms with van der Waals surface area (Å²) < 4.78 is 15.9. The molecule has 2 unspecified atom stereocenters. The first kappa shape index (κ1) is 31.0. The van der Waals surface area contributed by atoms with Crippen LogP contribution in [0.3, 0.4) is 0 Å². The first-order valence-corrected chi connectivity index (χ1v) is 14.9. The Morgan fingerprint density at radius 3 is 2.36 bits per heavy atom. The number of rotatable bonds is 9. The lowest BCUT2D eigenvalue weighted by atomic mass is 9.69. The molecule has 0 spiro atoms. The van der Waals surface area contributed by atoms with E-state index in [2.05, 4.69) is 84.5 Å². The van der Waals surface area contributed by atoms with Crippen LogP contribution >= 0.6 is 0 Å². The average Bonchev–Trinajstić information content (AvgIpc) is 3.61. The first-order chi connectivity index (χ1) is 20.7. The normalized spacial score (nSPS) is 17.8. The van der Waals surface area contributed by atoms with E-state index < -0.39 is 5.44 Å². The van der Waals surface area contributed by atoms with Crippen molar-refractivity contribution in [2.45, 2.75) is 71.5 Å². The second-order valence-electron chi connectivity index (χ2n) is 14.0. The predicted octanol–water partition coefficient (Wildman–Crippen LogP) is 4.99. The minimum absolute atomic E-state index is 0.0479. The maximum atomic E-state index is 14.0. The largest absolute Gasteiger partial charge is 0.383 e. The Morgan fingerprint density at radius 2 is 1.75 bits per heavy atom. The van der Waals surface area contributed by atoms with E-state index in [-0.39, 0.29) is 16.8 Å². The highest BCUT2D eigenvalue weighted by atomic mass is 19.1. The molecular weight excluding hydrogens is 552 g/mol. The van der Waals surface area contributed by atoms with Crippen LogP contribution < -0.4 is 10.6 Å². The zero-order valence-corrected chi connectivity index (χ0v) is 26.5. The molecule has 2 aromatic heterocycles. The van der Waals surface area contributed by atoms with Crippen molar-refractivity contribution in [1.29, 1.82) is 10.5 Å². The van der Waals surface area contributed by atoms with E-state index in [9.17, 15) is 14.9 Å². The van der Waals surface area contributed by atoms with Crippen LogP contribution in [0.25, 0.3) is 10.9 Å². The quantitative estimate of drug-likeness (QED) is 0.207. The number of nitrogens with zero attached hydrogens (tertiary/aromatic N) is 7. The number of nitriles is 2. The fourth-order valence-corrected chi connectivity index (χ4v) is 5.61. The number of pyridine rings is 1. The molecule has 9 nitrogen and oxygen atoms in total. The maximum absolute atomic E-state index is 14.0. The van der Waals surface area contributed by atoms with Crippen molar-refractivity contribution in [2.75, 3.05) is 23.7 Å². The van der Waals surface area contributed by atoms with Gasteiger partial charge < -0.3 is 10.6 Å². The summed E-state index contributed by atoms with van der Waals surface area (Å²) in [7, 11) is 1.97. The monoisotopic (exact) mass is 591 g/mol. The molecule has 1 saturated heterocycles. The Kier molecular flexibility index (Phi) is 8.13. The molecule has 2 N–H and O–H groups in total. The molecule has 11 heteroatoms. The summed E-state index contributed by atoms with van der Waals surface area (Å²) >= 11 is 0. The van der Waals surface area contributed by atoms with E-state index in [1.165, 1.54) is 18.3 Å². The first-order valence-electron chi connectivity index (χ1n) is 14.9. The highest BCUT2D eigenvalue weighted by Crippen LogP contribution is 2.36. The van der Waals surface area contributed by atoms with E-state index in [4.69, 9.17) is 0 Å². The second kappa shape index (κ2) is 11.6. The Morgan fingerprint density at radius 1 is 1.05 bits per heavy atom. The molecule has 0 radical (unpaired) electrons. The van der Waals surface area contributed by atoms with Crippen molar-refractivity contribution < 1.29 is 4.39 Å². The summed E-state index contributed by atoms with van der Waals surface area (Å²) in [4.78, 5) is 6.94. The van der Waals surface area contributed by atoms with Gasteiger partial charge >= 0.3 is 0 Å². The van der Waals surface area contributed by atoms with Crippen molar-refractivity contribution in [3.63, 3.8) is 0 Å². The van der Waals surface area contributed by atoms with Gasteiger partial charge in [0.1, 0.15) is 31.5 Å². The van der Waals surface area contributed by atoms with E-state index >= 15 is 0 Å². The van der Waals surface area contributed by atoms with Crippen LogP contribution in [0.5, 0.6) is 0 Å². The van der Waals surface area contributed by atoms with Gasteiger partial charge in [-0.3, -0.25) is 14.6 Å². The zero-order valence-electron chi connectivity index (χ0n) is 26.5. The Labute approximate surface area is 259 Å². The minimum Gasteiger partial charge on any atom is -0.383 e. The van der Waals surface area contributed by atoms with Crippen LogP contribution in [0.2, 0.25) is 0 Å². The molecule has 3 heterocycles. The summed E-state index contributed by atoms with van der Waals surface area (Å²) in [6, 6.07) is 15.0. The number of aromatic nitrogens is 4. The summed E-state index contributed by atoms with van der Waals surface area (Å²) in [6.45, 7) is 15.4. The average molecular weight is 592 g/mol. The molecular formula is C33H39BFN9. The van der Waals surface area contributed by atoms with Gasteiger partial charge in [-0.25, -0.2) is 4.39 Å². The highest BCUT2D eigenvalue weighted by Gasteiger charge is 2.41. The lowest BCUT2D eigenvalue weighted by molar-refractivity contribution is 0.278. The molecule has 3 atom stereocenters. The molecule has 1 aliphatic heterocycles. The summed E-state index contributed by atoms with van der Waals surface area (Å²) in [5.41, 5.74) is 3.14. The van der Waals surface area contributed by atoms with Gasteiger partial charge in [0, 0.05) is 48.5 Å². The van der Waals surface area contributed by atoms with Crippen LogP contribution in [0, 0.1) is 33.9 Å². The second-order valence-corrected chi connectivity index (χ2v) is 14.0. The summed E-state index contributed by atoms with van der Waals surface area (Å²) in [5, 5.41) is 36.7. The highest BCUT2D eigenvalue weighted by molar-refractivity contribution is 6.19. The molecule has 0 aliphatic carbocycles. The molecule has 5 rings (SSSR count). The van der Waals surface area contributed by atoms with Gasteiger partial charge in [-0.15, -0.1) is 5.10 Å². The Bertz CT molecular complexity index is 1760. The molecule has 2 aromatic carbocycles. The van der Waals surface area contributed by atoms with E-state index in [1.54, 1.807) is 18.2 Å². The zero-order chi connectivity index (χ0) is 31.9. The summed E-state index contributed by atoms with van der Waals surface area (Å²) in [6.07, 6.45) is 4.40. The van der Waals surface area contributed by atoms with Gasteiger partial charge in [-0.05, 0) is 62.4 Å². The number of hydrogen-bond acceptors (Lipinski definition) is 8. The molecule has 0 saturated carbocycles. The van der Waals surface area contributed by atoms with Crippen molar-refractivity contribution in [2.24, 2.45) is 5.41 Å². The van der Waals surface area contributed by atoms with Gasteiger partial charge in [0.2, 0.25) is 0 Å². The number of benzene rings is 2. The Hall–Kier alpha value is -4.48. The van der Waals surface area contributed by atoms with E-state index in [1.807, 2.05) is 24.8 Å². The van der Waals surface area contributed by atoms with Crippen molar-refractivity contribution in [3.05, 3.63) is 77.0 Å².